The molecule has 1 rings (SSSR count). The summed E-state index contributed by atoms with van der Waals surface area (Å²) in [5.74, 6) is 0. The number of aromatic nitrogens is 1. The third-order valence-corrected chi connectivity index (χ3v) is 1.69. The zero-order valence-corrected chi connectivity index (χ0v) is 7.08. The average Bonchev–Trinajstić information content (AvgIpc) is 2.02. The molecule has 0 spiro atoms. The molecule has 0 radical (unpaired) electrons. The largest absolute Gasteiger partial charge is 0.359 e. The van der Waals surface area contributed by atoms with Gasteiger partial charge in [0.05, 0.1) is 16.2 Å². The molecule has 5 nitrogen and oxygen atoms in total. The first-order valence-corrected chi connectivity index (χ1v) is 3.60. The van der Waals surface area contributed by atoms with E-state index in [0.717, 1.165) is 6.20 Å². The summed E-state index contributed by atoms with van der Waals surface area (Å²) in [5.41, 5.74) is -2.99. The fourth-order valence-corrected chi connectivity index (χ4v) is 1.01. The molecule has 0 unspecified atom stereocenters. The van der Waals surface area contributed by atoms with Gasteiger partial charge < -0.3 is 4.98 Å². The number of nitro groups is 1. The van der Waals surface area contributed by atoms with Crippen LogP contribution in [0.5, 0.6) is 0 Å². The molecule has 1 N–H and O–H groups in total. The Morgan fingerprint density at radius 3 is 2.57 bits per heavy atom. The number of aromatic amines is 1. The van der Waals surface area contributed by atoms with Gasteiger partial charge >= 0.3 is 5.69 Å². The van der Waals surface area contributed by atoms with E-state index in [4.69, 9.17) is 0 Å². The number of hydrogen-bond donors (Lipinski definition) is 1. The molecule has 76 valence electrons. The van der Waals surface area contributed by atoms with Crippen molar-refractivity contribution < 1.29 is 13.7 Å². The number of nitrogens with zero attached hydrogens (tertiary/aromatic N) is 1. The van der Waals surface area contributed by atoms with Crippen molar-refractivity contribution in [2.75, 3.05) is 0 Å². The molecule has 1 aromatic rings. The van der Waals surface area contributed by atoms with Crippen molar-refractivity contribution in [3.05, 3.63) is 37.8 Å². The fraction of sp³-hybridized carbons (Fsp3) is 0.286. The molecular weight excluding hydrogens is 198 g/mol. The molecule has 0 aliphatic rings. The van der Waals surface area contributed by atoms with E-state index in [9.17, 15) is 23.7 Å². The van der Waals surface area contributed by atoms with Crippen LogP contribution in [-0.4, -0.2) is 9.91 Å². The van der Waals surface area contributed by atoms with Crippen LogP contribution in [0.25, 0.3) is 0 Å². The van der Waals surface area contributed by atoms with Crippen molar-refractivity contribution >= 4 is 5.69 Å². The molecule has 1 aromatic heterocycles. The summed E-state index contributed by atoms with van der Waals surface area (Å²) >= 11 is 0. The Morgan fingerprint density at radius 2 is 2.14 bits per heavy atom. The van der Waals surface area contributed by atoms with Gasteiger partial charge in [0, 0.05) is 6.20 Å². The summed E-state index contributed by atoms with van der Waals surface area (Å²) in [7, 11) is 0. The van der Waals surface area contributed by atoms with Gasteiger partial charge in [0.1, 0.15) is 0 Å². The summed E-state index contributed by atoms with van der Waals surface area (Å²) in [6.07, 6.45) is -2.23. The second-order valence-corrected chi connectivity index (χ2v) is 2.60. The first-order valence-electron chi connectivity index (χ1n) is 3.60. The van der Waals surface area contributed by atoms with Crippen LogP contribution in [0.2, 0.25) is 0 Å². The Morgan fingerprint density at radius 1 is 1.57 bits per heavy atom. The van der Waals surface area contributed by atoms with E-state index >= 15 is 0 Å². The summed E-state index contributed by atoms with van der Waals surface area (Å²) < 4.78 is 24.3. The summed E-state index contributed by atoms with van der Waals surface area (Å²) in [6, 6.07) is 0. The highest BCUT2D eigenvalue weighted by molar-refractivity contribution is 5.37. The maximum Gasteiger partial charge on any atom is 0.335 e. The van der Waals surface area contributed by atoms with Gasteiger partial charge in [0.25, 0.3) is 11.9 Å². The monoisotopic (exact) mass is 204 g/mol. The van der Waals surface area contributed by atoms with Crippen molar-refractivity contribution in [3.8, 4) is 0 Å². The molecule has 0 aromatic carbocycles. The minimum absolute atomic E-state index is 0.0376. The van der Waals surface area contributed by atoms with Gasteiger partial charge in [-0.3, -0.25) is 14.9 Å². The van der Waals surface area contributed by atoms with E-state index in [2.05, 4.69) is 4.98 Å². The van der Waals surface area contributed by atoms with Gasteiger partial charge in [-0.15, -0.1) is 0 Å². The molecule has 0 amide bonds. The number of nitrogens with one attached hydrogen (secondary N) is 1. The summed E-state index contributed by atoms with van der Waals surface area (Å²) in [6.45, 7) is 1.27. The Kier molecular flexibility index (Phi) is 2.59. The van der Waals surface area contributed by atoms with E-state index in [-0.39, 0.29) is 5.69 Å². The third-order valence-electron chi connectivity index (χ3n) is 1.69. The summed E-state index contributed by atoms with van der Waals surface area (Å²) in [4.78, 5) is 22.8. The van der Waals surface area contributed by atoms with Crippen LogP contribution in [0.15, 0.2) is 11.0 Å². The number of hydrogen-bond acceptors (Lipinski definition) is 3. The average molecular weight is 204 g/mol. The maximum absolute atomic E-state index is 12.2. The highest BCUT2D eigenvalue weighted by atomic mass is 19.3. The van der Waals surface area contributed by atoms with Crippen LogP contribution in [0, 0.1) is 17.0 Å². The van der Waals surface area contributed by atoms with Gasteiger partial charge in [-0.1, -0.05) is 0 Å². The molecular formula is C7H6F2N2O3. The van der Waals surface area contributed by atoms with Gasteiger partial charge in [-0.05, 0) is 6.92 Å². The van der Waals surface area contributed by atoms with Crippen molar-refractivity contribution in [1.82, 2.24) is 4.98 Å². The fourth-order valence-electron chi connectivity index (χ4n) is 1.01. The predicted molar refractivity (Wildman–Crippen MR) is 43.4 cm³/mol. The minimum Gasteiger partial charge on any atom is -0.359 e. The maximum atomic E-state index is 12.2. The number of aryl methyl sites for hydroxylation is 1. The highest BCUT2D eigenvalue weighted by Gasteiger charge is 2.23. The quantitative estimate of drug-likeness (QED) is 0.586. The molecule has 0 aliphatic carbocycles. The van der Waals surface area contributed by atoms with Crippen LogP contribution in [0.1, 0.15) is 17.7 Å². The van der Waals surface area contributed by atoms with E-state index < -0.39 is 28.0 Å². The van der Waals surface area contributed by atoms with Crippen LogP contribution >= 0.6 is 0 Å². The minimum atomic E-state index is -3.02. The number of halogens is 2. The van der Waals surface area contributed by atoms with Gasteiger partial charge in [-0.25, -0.2) is 8.78 Å². The lowest BCUT2D eigenvalue weighted by Crippen LogP contribution is -2.16. The second kappa shape index (κ2) is 3.52. The smallest absolute Gasteiger partial charge is 0.335 e. The lowest BCUT2D eigenvalue weighted by Gasteiger charge is -2.00. The molecule has 0 fully saturated rings. The van der Waals surface area contributed by atoms with Crippen LogP contribution < -0.4 is 5.43 Å². The molecule has 14 heavy (non-hydrogen) atoms. The normalized spacial score (nSPS) is 10.6. The standard InChI is InChI=1S/C7H6F2N2O3/c1-3-5(11(13)14)6(12)4(2-10-3)7(8)9/h2,7H,1H3,(H,10,12). The molecule has 0 saturated heterocycles. The highest BCUT2D eigenvalue weighted by Crippen LogP contribution is 2.18. The lowest BCUT2D eigenvalue weighted by atomic mass is 10.2. The molecule has 0 bridgehead atoms. The van der Waals surface area contributed by atoms with Crippen molar-refractivity contribution in [3.63, 3.8) is 0 Å². The van der Waals surface area contributed by atoms with E-state index in [0.29, 0.717) is 0 Å². The van der Waals surface area contributed by atoms with Crippen LogP contribution in [-0.2, 0) is 0 Å². The Bertz CT molecular complexity index is 427. The van der Waals surface area contributed by atoms with E-state index in [1.165, 1.54) is 6.92 Å². The molecule has 1 heterocycles. The SMILES string of the molecule is Cc1[nH]cc(C(F)F)c(=O)c1[N+](=O)[O-]. The molecule has 0 saturated carbocycles. The first kappa shape index (κ1) is 10.3. The van der Waals surface area contributed by atoms with Gasteiger partial charge in [0.15, 0.2) is 0 Å². The Balaban J connectivity index is 3.50. The van der Waals surface area contributed by atoms with E-state index in [1.54, 1.807) is 0 Å². The zero-order chi connectivity index (χ0) is 10.9. The number of pyridine rings is 1. The number of alkyl halides is 2. The van der Waals surface area contributed by atoms with Crippen molar-refractivity contribution in [2.45, 2.75) is 13.3 Å². The Labute approximate surface area is 76.5 Å². The zero-order valence-electron chi connectivity index (χ0n) is 7.08. The van der Waals surface area contributed by atoms with Gasteiger partial charge in [0.2, 0.25) is 0 Å². The topological polar surface area (TPSA) is 76.0 Å². The van der Waals surface area contributed by atoms with Crippen molar-refractivity contribution in [1.29, 1.82) is 0 Å². The molecule has 7 heteroatoms. The van der Waals surface area contributed by atoms with Gasteiger partial charge in [-0.2, -0.15) is 0 Å². The Hall–Kier alpha value is -1.79. The lowest BCUT2D eigenvalue weighted by molar-refractivity contribution is -0.387. The van der Waals surface area contributed by atoms with Crippen LogP contribution in [0.3, 0.4) is 0 Å². The molecule has 0 aliphatic heterocycles. The first-order chi connectivity index (χ1) is 6.45. The summed E-state index contributed by atoms with van der Waals surface area (Å²) in [5, 5.41) is 10.4. The van der Waals surface area contributed by atoms with Crippen LogP contribution in [0.4, 0.5) is 14.5 Å². The molecule has 0 atom stereocenters. The van der Waals surface area contributed by atoms with E-state index in [1.807, 2.05) is 0 Å². The second-order valence-electron chi connectivity index (χ2n) is 2.60. The number of rotatable bonds is 2. The number of H-pyrrole nitrogens is 1. The predicted octanol–water partition coefficient (Wildman–Crippen LogP) is 1.53. The third kappa shape index (κ3) is 1.61. The van der Waals surface area contributed by atoms with Crippen molar-refractivity contribution in [2.24, 2.45) is 0 Å².